The van der Waals surface area contributed by atoms with E-state index in [2.05, 4.69) is 28.3 Å². The van der Waals surface area contributed by atoms with Gasteiger partial charge in [-0.3, -0.25) is 0 Å². The van der Waals surface area contributed by atoms with E-state index in [1.807, 2.05) is 20.8 Å². The summed E-state index contributed by atoms with van der Waals surface area (Å²) in [6.07, 6.45) is 0.731. The fraction of sp³-hybridized carbons (Fsp3) is 0.750. The normalized spacial score (nSPS) is 9.72. The number of nitrogens with one attached hydrogen (secondary N) is 1. The van der Waals surface area contributed by atoms with Gasteiger partial charge in [-0.05, 0) is 27.2 Å². The van der Waals surface area contributed by atoms with Gasteiger partial charge in [0.1, 0.15) is 0 Å². The molecule has 0 unspecified atom stereocenters. The van der Waals surface area contributed by atoms with Crippen LogP contribution in [0.25, 0.3) is 0 Å². The summed E-state index contributed by atoms with van der Waals surface area (Å²) in [6, 6.07) is -1.50. The maximum absolute atomic E-state index is 10.5. The van der Waals surface area contributed by atoms with E-state index in [0.29, 0.717) is 32.4 Å². The number of urea groups is 3. The zero-order chi connectivity index (χ0) is 20.3. The van der Waals surface area contributed by atoms with Crippen molar-refractivity contribution < 1.29 is 27.7 Å². The van der Waals surface area contributed by atoms with Crippen molar-refractivity contribution in [3.05, 3.63) is 0 Å². The van der Waals surface area contributed by atoms with Crippen LogP contribution in [0.1, 0.15) is 27.2 Å². The Morgan fingerprint density at radius 2 is 1.12 bits per heavy atom. The number of rotatable bonds is 10. The van der Waals surface area contributed by atoms with Crippen LogP contribution in [-0.2, 0) is 13.3 Å². The summed E-state index contributed by atoms with van der Waals surface area (Å²) in [7, 11) is -2.56. The van der Waals surface area contributed by atoms with E-state index < -0.39 is 26.9 Å². The molecule has 0 saturated heterocycles. The summed E-state index contributed by atoms with van der Waals surface area (Å²) in [5, 5.41) is 2.54. The Kier molecular flexibility index (Phi) is 20.2. The SMILES string of the molecule is CCO[Si](CCCNC(N)=O)(OCC)OCC.NC(N)=O.NC(N)=O. The monoisotopic (exact) mass is 384 g/mol. The van der Waals surface area contributed by atoms with Gasteiger partial charge in [0.2, 0.25) is 0 Å². The number of primary amides is 5. The minimum absolute atomic E-state index is 0.511. The van der Waals surface area contributed by atoms with E-state index in [1.54, 1.807) is 0 Å². The molecule has 0 aromatic heterocycles. The van der Waals surface area contributed by atoms with E-state index in [1.165, 1.54) is 0 Å². The molecule has 150 valence electrons. The molecule has 0 aliphatic rings. The molecule has 25 heavy (non-hydrogen) atoms. The Bertz CT molecular complexity index is 337. The molecule has 0 saturated carbocycles. The molecular weight excluding hydrogens is 352 g/mol. The molecule has 0 spiro atoms. The lowest BCUT2D eigenvalue weighted by Crippen LogP contribution is -2.46. The van der Waals surface area contributed by atoms with E-state index in [-0.39, 0.29) is 0 Å². The van der Waals surface area contributed by atoms with Gasteiger partial charge < -0.3 is 47.3 Å². The largest absolute Gasteiger partial charge is 0.500 e. The predicted molar refractivity (Wildman–Crippen MR) is 95.2 cm³/mol. The Morgan fingerprint density at radius 1 is 0.800 bits per heavy atom. The van der Waals surface area contributed by atoms with Crippen LogP contribution in [-0.4, -0.2) is 53.3 Å². The molecule has 0 rings (SSSR count). The predicted octanol–water partition coefficient (Wildman–Crippen LogP) is -0.859. The van der Waals surface area contributed by atoms with E-state index in [9.17, 15) is 4.79 Å². The van der Waals surface area contributed by atoms with Gasteiger partial charge in [-0.2, -0.15) is 0 Å². The maximum Gasteiger partial charge on any atom is 0.500 e. The molecule has 0 aromatic carbocycles. The average molecular weight is 385 g/mol. The van der Waals surface area contributed by atoms with Crippen molar-refractivity contribution in [1.29, 1.82) is 0 Å². The molecule has 0 fully saturated rings. The quantitative estimate of drug-likeness (QED) is 0.207. The molecule has 6 amide bonds. The third-order valence-corrected chi connectivity index (χ3v) is 5.20. The van der Waals surface area contributed by atoms with Crippen molar-refractivity contribution in [2.75, 3.05) is 26.4 Å². The summed E-state index contributed by atoms with van der Waals surface area (Å²) >= 11 is 0. The fourth-order valence-electron chi connectivity index (χ4n) is 1.52. The highest BCUT2D eigenvalue weighted by Crippen LogP contribution is 2.17. The van der Waals surface area contributed by atoms with Crippen LogP contribution in [0.3, 0.4) is 0 Å². The van der Waals surface area contributed by atoms with Crippen molar-refractivity contribution in [1.82, 2.24) is 5.32 Å². The first-order chi connectivity index (χ1) is 11.6. The summed E-state index contributed by atoms with van der Waals surface area (Å²) in [4.78, 5) is 28.5. The van der Waals surface area contributed by atoms with Gasteiger partial charge in [0.15, 0.2) is 0 Å². The van der Waals surface area contributed by atoms with Gasteiger partial charge in [-0.15, -0.1) is 0 Å². The van der Waals surface area contributed by atoms with E-state index in [4.69, 9.17) is 28.6 Å². The first-order valence-electron chi connectivity index (χ1n) is 7.61. The van der Waals surface area contributed by atoms with Gasteiger partial charge in [0.05, 0.1) is 0 Å². The van der Waals surface area contributed by atoms with Crippen LogP contribution in [0.4, 0.5) is 14.4 Å². The van der Waals surface area contributed by atoms with Crippen LogP contribution in [0.2, 0.25) is 6.04 Å². The zero-order valence-electron chi connectivity index (χ0n) is 15.1. The molecule has 0 aliphatic carbocycles. The highest BCUT2D eigenvalue weighted by atomic mass is 28.4. The lowest BCUT2D eigenvalue weighted by atomic mass is 10.5. The second-order valence-corrected chi connectivity index (χ2v) is 6.91. The molecular formula is C12H32N6O6Si. The molecule has 0 atom stereocenters. The highest BCUT2D eigenvalue weighted by molar-refractivity contribution is 6.60. The van der Waals surface area contributed by atoms with Crippen molar-refractivity contribution >= 4 is 26.9 Å². The molecule has 0 aromatic rings. The number of hydrogen-bond acceptors (Lipinski definition) is 6. The van der Waals surface area contributed by atoms with E-state index >= 15 is 0 Å². The second-order valence-electron chi connectivity index (χ2n) is 4.18. The summed E-state index contributed by atoms with van der Waals surface area (Å²) in [6.45, 7) is 7.96. The number of carbonyl (C=O) groups excluding carboxylic acids is 3. The average Bonchev–Trinajstić information content (AvgIpc) is 2.43. The number of hydrogen-bond donors (Lipinski definition) is 6. The second kappa shape index (κ2) is 18.2. The van der Waals surface area contributed by atoms with Crippen LogP contribution in [0.15, 0.2) is 0 Å². The topological polar surface area (TPSA) is 221 Å². The molecule has 0 aliphatic heterocycles. The third kappa shape index (κ3) is 27.1. The Labute approximate surface area is 149 Å². The first kappa shape index (κ1) is 27.7. The molecule has 12 nitrogen and oxygen atoms in total. The standard InChI is InChI=1S/C10H24N2O4Si.2CH4N2O/c1-4-14-17(15-5-2,16-6-3)9-7-8-12-10(11)13;2*2-1(3)4/h4-9H2,1-3H3,(H3,11,12,13);2*(H4,2,3,4). The molecule has 0 radical (unpaired) electrons. The first-order valence-corrected chi connectivity index (χ1v) is 9.54. The van der Waals surface area contributed by atoms with Crippen molar-refractivity contribution in [2.45, 2.75) is 33.2 Å². The third-order valence-electron chi connectivity index (χ3n) is 2.05. The molecule has 11 N–H and O–H groups in total. The molecule has 0 bridgehead atoms. The van der Waals surface area contributed by atoms with Crippen LogP contribution < -0.4 is 34.0 Å². The summed E-state index contributed by atoms with van der Waals surface area (Å²) in [5.74, 6) is 0. The Morgan fingerprint density at radius 3 is 1.36 bits per heavy atom. The maximum atomic E-state index is 10.5. The minimum atomic E-state index is -2.56. The van der Waals surface area contributed by atoms with Crippen molar-refractivity contribution in [3.8, 4) is 0 Å². The van der Waals surface area contributed by atoms with Gasteiger partial charge >= 0.3 is 26.9 Å². The van der Waals surface area contributed by atoms with Crippen LogP contribution >= 0.6 is 0 Å². The zero-order valence-corrected chi connectivity index (χ0v) is 16.1. The Balaban J connectivity index is -0.000000503. The lowest BCUT2D eigenvalue weighted by Gasteiger charge is -2.28. The van der Waals surface area contributed by atoms with Crippen molar-refractivity contribution in [2.24, 2.45) is 28.7 Å². The van der Waals surface area contributed by atoms with Gasteiger partial charge in [0, 0.05) is 32.4 Å². The van der Waals surface area contributed by atoms with Crippen molar-refractivity contribution in [3.63, 3.8) is 0 Å². The number of amides is 6. The smallest absolute Gasteiger partial charge is 0.374 e. The minimum Gasteiger partial charge on any atom is -0.374 e. The van der Waals surface area contributed by atoms with Gasteiger partial charge in [-0.1, -0.05) is 0 Å². The Hall–Kier alpha value is -2.09. The van der Waals surface area contributed by atoms with Gasteiger partial charge in [-0.25, -0.2) is 14.4 Å². The number of nitrogens with two attached hydrogens (primary N) is 5. The highest BCUT2D eigenvalue weighted by Gasteiger charge is 2.39. The summed E-state index contributed by atoms with van der Waals surface area (Å²) in [5.41, 5.74) is 22.0. The molecule has 0 heterocycles. The fourth-order valence-corrected chi connectivity index (χ4v) is 4.13. The van der Waals surface area contributed by atoms with Gasteiger partial charge in [0.25, 0.3) is 0 Å². The van der Waals surface area contributed by atoms with Crippen LogP contribution in [0.5, 0.6) is 0 Å². The van der Waals surface area contributed by atoms with E-state index in [0.717, 1.165) is 6.42 Å². The van der Waals surface area contributed by atoms with Crippen LogP contribution in [0, 0.1) is 0 Å². The number of carbonyl (C=O) groups is 3. The molecule has 13 heteroatoms. The lowest BCUT2D eigenvalue weighted by molar-refractivity contribution is 0.0708. The summed E-state index contributed by atoms with van der Waals surface area (Å²) < 4.78 is 17.0.